The van der Waals surface area contributed by atoms with Crippen molar-refractivity contribution in [2.75, 3.05) is 0 Å². The van der Waals surface area contributed by atoms with Crippen molar-refractivity contribution in [2.45, 2.75) is 13.5 Å². The van der Waals surface area contributed by atoms with Gasteiger partial charge in [-0.05, 0) is 19.1 Å². The first-order chi connectivity index (χ1) is 14.0. The summed E-state index contributed by atoms with van der Waals surface area (Å²) in [5, 5.41) is 6.22. The van der Waals surface area contributed by atoms with E-state index in [0.29, 0.717) is 16.6 Å². The minimum absolute atomic E-state index is 0.305. The maximum atomic E-state index is 12.6. The van der Waals surface area contributed by atoms with Gasteiger partial charge in [-0.15, -0.1) is 0 Å². The van der Waals surface area contributed by atoms with Crippen LogP contribution in [0.3, 0.4) is 0 Å². The molecule has 0 atom stereocenters. The summed E-state index contributed by atoms with van der Waals surface area (Å²) >= 11 is 0. The predicted molar refractivity (Wildman–Crippen MR) is 109 cm³/mol. The quantitative estimate of drug-likeness (QED) is 0.521. The number of carbonyl (C=O) groups excluding carboxylic acids is 2. The van der Waals surface area contributed by atoms with Crippen LogP contribution in [0.2, 0.25) is 0 Å². The Labute approximate surface area is 165 Å². The summed E-state index contributed by atoms with van der Waals surface area (Å²) in [6, 6.07) is 14.6. The van der Waals surface area contributed by atoms with Crippen LogP contribution in [-0.2, 0) is 18.4 Å². The molecule has 4 aromatic rings. The SMILES string of the molecule is Cc1nn(CC(=O)NNC(=O)c2cn(C)c3ccccc23)c(=O)c2ccccc12. The highest BCUT2D eigenvalue weighted by Gasteiger charge is 2.15. The number of benzene rings is 2. The summed E-state index contributed by atoms with van der Waals surface area (Å²) in [6.07, 6.45) is 1.70. The Morgan fingerprint density at radius 1 is 0.966 bits per heavy atom. The molecule has 0 aliphatic heterocycles. The number of carbonyl (C=O) groups is 2. The number of hydrazine groups is 1. The molecule has 0 saturated heterocycles. The summed E-state index contributed by atoms with van der Waals surface area (Å²) in [5.41, 5.74) is 6.39. The zero-order valence-electron chi connectivity index (χ0n) is 16.0. The number of fused-ring (bicyclic) bond motifs is 2. The lowest BCUT2D eigenvalue weighted by atomic mass is 10.1. The topological polar surface area (TPSA) is 98.0 Å². The van der Waals surface area contributed by atoms with E-state index in [1.165, 1.54) is 0 Å². The van der Waals surface area contributed by atoms with E-state index in [2.05, 4.69) is 16.0 Å². The van der Waals surface area contributed by atoms with Crippen LogP contribution >= 0.6 is 0 Å². The number of amides is 2. The number of aromatic nitrogens is 3. The third-order valence-corrected chi connectivity index (χ3v) is 4.80. The molecule has 4 rings (SSSR count). The largest absolute Gasteiger partial charge is 0.350 e. The van der Waals surface area contributed by atoms with Crippen molar-refractivity contribution < 1.29 is 9.59 Å². The third kappa shape index (κ3) is 3.36. The lowest BCUT2D eigenvalue weighted by Crippen LogP contribution is -2.44. The summed E-state index contributed by atoms with van der Waals surface area (Å²) in [6.45, 7) is 1.47. The van der Waals surface area contributed by atoms with Gasteiger partial charge in [-0.3, -0.25) is 25.2 Å². The first kappa shape index (κ1) is 18.4. The second-order valence-corrected chi connectivity index (χ2v) is 6.77. The molecule has 0 aliphatic rings. The van der Waals surface area contributed by atoms with Gasteiger partial charge in [0.05, 0.1) is 16.6 Å². The van der Waals surface area contributed by atoms with Gasteiger partial charge in [0.15, 0.2) is 0 Å². The second-order valence-electron chi connectivity index (χ2n) is 6.77. The van der Waals surface area contributed by atoms with E-state index >= 15 is 0 Å². The van der Waals surface area contributed by atoms with Crippen LogP contribution in [-0.4, -0.2) is 26.2 Å². The van der Waals surface area contributed by atoms with Gasteiger partial charge < -0.3 is 4.57 Å². The summed E-state index contributed by atoms with van der Waals surface area (Å²) in [4.78, 5) is 37.3. The Hall–Kier alpha value is -3.94. The fraction of sp³-hybridized carbons (Fsp3) is 0.143. The normalized spacial score (nSPS) is 11.0. The molecule has 2 heterocycles. The van der Waals surface area contributed by atoms with Gasteiger partial charge in [0, 0.05) is 29.5 Å². The molecule has 2 N–H and O–H groups in total. The standard InChI is InChI=1S/C21H19N5O3/c1-13-14-7-3-4-9-16(14)21(29)26(24-13)12-19(27)22-23-20(28)17-11-25(2)18-10-6-5-8-15(17)18/h3-11H,12H2,1-2H3,(H,22,27)(H,23,28). The Morgan fingerprint density at radius 2 is 1.62 bits per heavy atom. The molecule has 0 saturated carbocycles. The maximum absolute atomic E-state index is 12.6. The predicted octanol–water partition coefficient (Wildman–Crippen LogP) is 1.66. The molecule has 0 spiro atoms. The fourth-order valence-electron chi connectivity index (χ4n) is 3.40. The Morgan fingerprint density at radius 3 is 2.38 bits per heavy atom. The van der Waals surface area contributed by atoms with Crippen LogP contribution in [0.4, 0.5) is 0 Å². The lowest BCUT2D eigenvalue weighted by molar-refractivity contribution is -0.122. The van der Waals surface area contributed by atoms with Gasteiger partial charge in [-0.1, -0.05) is 36.4 Å². The Balaban J connectivity index is 1.49. The molecule has 0 fully saturated rings. The molecule has 2 aromatic carbocycles. The van der Waals surface area contributed by atoms with Crippen LogP contribution in [0, 0.1) is 6.92 Å². The first-order valence-electron chi connectivity index (χ1n) is 9.05. The number of para-hydroxylation sites is 1. The van der Waals surface area contributed by atoms with Crippen molar-refractivity contribution in [3.63, 3.8) is 0 Å². The molecule has 2 aromatic heterocycles. The molecule has 8 nitrogen and oxygen atoms in total. The van der Waals surface area contributed by atoms with Gasteiger partial charge in [-0.2, -0.15) is 5.10 Å². The summed E-state index contributed by atoms with van der Waals surface area (Å²) in [7, 11) is 1.85. The smallest absolute Gasteiger partial charge is 0.275 e. The molecular formula is C21H19N5O3. The van der Waals surface area contributed by atoms with Gasteiger partial charge in [-0.25, -0.2) is 4.68 Å². The average Bonchev–Trinajstić information content (AvgIpc) is 3.07. The number of nitrogens with zero attached hydrogens (tertiary/aromatic N) is 3. The van der Waals surface area contributed by atoms with E-state index in [1.54, 1.807) is 25.3 Å². The minimum Gasteiger partial charge on any atom is -0.350 e. The highest BCUT2D eigenvalue weighted by molar-refractivity contribution is 6.07. The molecule has 2 amide bonds. The molecular weight excluding hydrogens is 370 g/mol. The minimum atomic E-state index is -0.553. The van der Waals surface area contributed by atoms with E-state index in [9.17, 15) is 14.4 Å². The Kier molecular flexibility index (Phi) is 4.59. The van der Waals surface area contributed by atoms with Crippen molar-refractivity contribution in [2.24, 2.45) is 7.05 Å². The molecule has 146 valence electrons. The number of nitrogens with one attached hydrogen (secondary N) is 2. The van der Waals surface area contributed by atoms with Crippen LogP contribution in [0.15, 0.2) is 59.5 Å². The van der Waals surface area contributed by atoms with Crippen molar-refractivity contribution >= 4 is 33.5 Å². The molecule has 8 heteroatoms. The number of rotatable bonds is 3. The van der Waals surface area contributed by atoms with E-state index in [1.807, 2.05) is 48.0 Å². The van der Waals surface area contributed by atoms with Crippen LogP contribution < -0.4 is 16.4 Å². The molecule has 29 heavy (non-hydrogen) atoms. The highest BCUT2D eigenvalue weighted by atomic mass is 16.2. The van der Waals surface area contributed by atoms with E-state index < -0.39 is 11.8 Å². The maximum Gasteiger partial charge on any atom is 0.275 e. The van der Waals surface area contributed by atoms with Gasteiger partial charge in [0.2, 0.25) is 0 Å². The number of hydrogen-bond acceptors (Lipinski definition) is 4. The first-order valence-corrected chi connectivity index (χ1v) is 9.05. The molecule has 0 aliphatic carbocycles. The van der Waals surface area contributed by atoms with Crippen LogP contribution in [0.25, 0.3) is 21.7 Å². The van der Waals surface area contributed by atoms with Gasteiger partial charge in [0.1, 0.15) is 6.54 Å². The summed E-state index contributed by atoms with van der Waals surface area (Å²) < 4.78 is 2.93. The van der Waals surface area contributed by atoms with E-state index in [4.69, 9.17) is 0 Å². The lowest BCUT2D eigenvalue weighted by Gasteiger charge is -2.10. The monoisotopic (exact) mass is 389 g/mol. The van der Waals surface area contributed by atoms with Crippen LogP contribution in [0.5, 0.6) is 0 Å². The van der Waals surface area contributed by atoms with Crippen molar-refractivity contribution in [1.82, 2.24) is 25.2 Å². The number of aryl methyl sites for hydroxylation is 2. The highest BCUT2D eigenvalue weighted by Crippen LogP contribution is 2.19. The van der Waals surface area contributed by atoms with E-state index in [-0.39, 0.29) is 12.1 Å². The zero-order chi connectivity index (χ0) is 20.5. The fourth-order valence-corrected chi connectivity index (χ4v) is 3.40. The average molecular weight is 389 g/mol. The molecule has 0 radical (unpaired) electrons. The van der Waals surface area contributed by atoms with Crippen molar-refractivity contribution in [3.8, 4) is 0 Å². The summed E-state index contributed by atoms with van der Waals surface area (Å²) in [5.74, 6) is -0.993. The second kappa shape index (κ2) is 7.23. The third-order valence-electron chi connectivity index (χ3n) is 4.80. The number of hydrogen-bond donors (Lipinski definition) is 2. The van der Waals surface area contributed by atoms with Gasteiger partial charge >= 0.3 is 0 Å². The van der Waals surface area contributed by atoms with Crippen LogP contribution in [0.1, 0.15) is 16.1 Å². The molecule has 0 unspecified atom stereocenters. The Bertz CT molecular complexity index is 1320. The van der Waals surface area contributed by atoms with Crippen molar-refractivity contribution in [3.05, 3.63) is 76.3 Å². The van der Waals surface area contributed by atoms with E-state index in [0.717, 1.165) is 21.0 Å². The van der Waals surface area contributed by atoms with Gasteiger partial charge in [0.25, 0.3) is 17.4 Å². The molecule has 0 bridgehead atoms. The zero-order valence-corrected chi connectivity index (χ0v) is 16.0. The van der Waals surface area contributed by atoms with Crippen molar-refractivity contribution in [1.29, 1.82) is 0 Å².